The number of carboxylic acid groups (broad SMARTS) is 1. The molecular formula is C23H17NO3S. The minimum Gasteiger partial charge on any atom is -0.486 e. The van der Waals surface area contributed by atoms with Gasteiger partial charge in [0.1, 0.15) is 17.4 Å². The lowest BCUT2D eigenvalue weighted by molar-refractivity contribution is 0.0697. The van der Waals surface area contributed by atoms with Gasteiger partial charge in [0.2, 0.25) is 0 Å². The van der Waals surface area contributed by atoms with Crippen LogP contribution in [-0.2, 0) is 6.61 Å². The molecule has 0 unspecified atom stereocenters. The molecule has 0 spiro atoms. The van der Waals surface area contributed by atoms with E-state index in [1.54, 1.807) is 23.5 Å². The van der Waals surface area contributed by atoms with Gasteiger partial charge in [-0.25, -0.2) is 9.78 Å². The second kappa shape index (κ2) is 8.06. The number of hydrogen-bond acceptors (Lipinski definition) is 4. The van der Waals surface area contributed by atoms with E-state index in [9.17, 15) is 4.79 Å². The summed E-state index contributed by atoms with van der Waals surface area (Å²) in [5.41, 5.74) is 4.59. The van der Waals surface area contributed by atoms with E-state index in [0.29, 0.717) is 12.4 Å². The summed E-state index contributed by atoms with van der Waals surface area (Å²) in [6.45, 7) is 0.346. The van der Waals surface area contributed by atoms with Crippen LogP contribution in [0.4, 0.5) is 0 Å². The second-order valence-corrected chi connectivity index (χ2v) is 7.13. The van der Waals surface area contributed by atoms with Crippen molar-refractivity contribution in [2.45, 2.75) is 6.61 Å². The van der Waals surface area contributed by atoms with Gasteiger partial charge in [0, 0.05) is 10.9 Å². The molecule has 4 nitrogen and oxygen atoms in total. The maximum absolute atomic E-state index is 10.9. The van der Waals surface area contributed by atoms with Gasteiger partial charge in [0.05, 0.1) is 11.3 Å². The summed E-state index contributed by atoms with van der Waals surface area (Å²) in [6, 6.07) is 25.0. The minimum atomic E-state index is -0.950. The molecule has 4 aromatic rings. The molecule has 5 heteroatoms. The molecule has 0 aliphatic heterocycles. The molecule has 0 aliphatic carbocycles. The average molecular weight is 387 g/mol. The number of aromatic carboxylic acids is 1. The normalized spacial score (nSPS) is 10.6. The van der Waals surface area contributed by atoms with Crippen molar-refractivity contribution in [1.82, 2.24) is 4.98 Å². The quantitative estimate of drug-likeness (QED) is 0.457. The van der Waals surface area contributed by atoms with Crippen LogP contribution < -0.4 is 4.74 Å². The smallest absolute Gasteiger partial charge is 0.335 e. The summed E-state index contributed by atoms with van der Waals surface area (Å²) in [7, 11) is 0. The van der Waals surface area contributed by atoms with Gasteiger partial charge in [-0.1, -0.05) is 54.6 Å². The van der Waals surface area contributed by atoms with E-state index in [2.05, 4.69) is 41.4 Å². The Kier molecular flexibility index (Phi) is 5.17. The number of rotatable bonds is 6. The summed E-state index contributed by atoms with van der Waals surface area (Å²) in [6.07, 6.45) is 0. The SMILES string of the molecule is O=C(O)c1ccc(OCc2nc(-c3ccc(-c4ccccc4)cc3)cs2)cc1. The van der Waals surface area contributed by atoms with Crippen LogP contribution in [0.2, 0.25) is 0 Å². The van der Waals surface area contributed by atoms with Crippen molar-refractivity contribution in [3.63, 3.8) is 0 Å². The Balaban J connectivity index is 1.42. The lowest BCUT2D eigenvalue weighted by atomic mass is 10.0. The predicted molar refractivity (Wildman–Crippen MR) is 111 cm³/mol. The van der Waals surface area contributed by atoms with E-state index >= 15 is 0 Å². The van der Waals surface area contributed by atoms with Crippen LogP contribution in [0.15, 0.2) is 84.2 Å². The molecule has 1 aromatic heterocycles. The fraction of sp³-hybridized carbons (Fsp3) is 0.0435. The highest BCUT2D eigenvalue weighted by molar-refractivity contribution is 7.09. The van der Waals surface area contributed by atoms with Gasteiger partial charge in [-0.15, -0.1) is 11.3 Å². The Bertz CT molecular complexity index is 1070. The summed E-state index contributed by atoms with van der Waals surface area (Å²) >= 11 is 1.54. The number of carbonyl (C=O) groups is 1. The Morgan fingerprint density at radius 3 is 2.18 bits per heavy atom. The number of carboxylic acids is 1. The van der Waals surface area contributed by atoms with Gasteiger partial charge >= 0.3 is 5.97 Å². The molecule has 3 aromatic carbocycles. The molecule has 1 heterocycles. The first-order valence-corrected chi connectivity index (χ1v) is 9.63. The summed E-state index contributed by atoms with van der Waals surface area (Å²) < 4.78 is 5.71. The monoisotopic (exact) mass is 387 g/mol. The largest absolute Gasteiger partial charge is 0.486 e. The highest BCUT2D eigenvalue weighted by Crippen LogP contribution is 2.26. The maximum Gasteiger partial charge on any atom is 0.335 e. The first-order valence-electron chi connectivity index (χ1n) is 8.75. The topological polar surface area (TPSA) is 59.4 Å². The van der Waals surface area contributed by atoms with Crippen LogP contribution in [-0.4, -0.2) is 16.1 Å². The Labute approximate surface area is 166 Å². The molecule has 28 heavy (non-hydrogen) atoms. The molecule has 0 saturated carbocycles. The van der Waals surface area contributed by atoms with Crippen molar-refractivity contribution in [2.24, 2.45) is 0 Å². The van der Waals surface area contributed by atoms with E-state index in [1.165, 1.54) is 23.3 Å². The fourth-order valence-electron chi connectivity index (χ4n) is 2.81. The van der Waals surface area contributed by atoms with E-state index in [0.717, 1.165) is 16.3 Å². The summed E-state index contributed by atoms with van der Waals surface area (Å²) in [4.78, 5) is 15.5. The number of aromatic nitrogens is 1. The molecular weight excluding hydrogens is 370 g/mol. The average Bonchev–Trinajstić information content (AvgIpc) is 3.22. The number of nitrogens with zero attached hydrogens (tertiary/aromatic N) is 1. The first kappa shape index (κ1) is 17.9. The van der Waals surface area contributed by atoms with Crippen molar-refractivity contribution in [1.29, 1.82) is 0 Å². The first-order chi connectivity index (χ1) is 13.7. The lowest BCUT2D eigenvalue weighted by Crippen LogP contribution is -1.97. The van der Waals surface area contributed by atoms with Crippen molar-refractivity contribution >= 4 is 17.3 Å². The number of hydrogen-bond donors (Lipinski definition) is 1. The van der Waals surface area contributed by atoms with E-state index in [1.807, 2.05) is 23.6 Å². The molecule has 0 atom stereocenters. The third-order valence-electron chi connectivity index (χ3n) is 4.30. The zero-order valence-corrected chi connectivity index (χ0v) is 15.7. The standard InChI is InChI=1S/C23H17NO3S/c25-23(26)19-10-12-20(13-11-19)27-14-22-24-21(15-28-22)18-8-6-17(7-9-18)16-4-2-1-3-5-16/h1-13,15H,14H2,(H,25,26). The zero-order valence-electron chi connectivity index (χ0n) is 14.9. The van der Waals surface area contributed by atoms with Gasteiger partial charge in [-0.2, -0.15) is 0 Å². The van der Waals surface area contributed by atoms with E-state index in [4.69, 9.17) is 9.84 Å². The molecule has 0 radical (unpaired) electrons. The highest BCUT2D eigenvalue weighted by Gasteiger charge is 2.07. The minimum absolute atomic E-state index is 0.239. The molecule has 0 bridgehead atoms. The predicted octanol–water partition coefficient (Wildman–Crippen LogP) is 5.75. The highest BCUT2D eigenvalue weighted by atomic mass is 32.1. The Hall–Kier alpha value is -3.44. The van der Waals surface area contributed by atoms with Crippen molar-refractivity contribution < 1.29 is 14.6 Å². The molecule has 0 aliphatic rings. The van der Waals surface area contributed by atoms with E-state index in [-0.39, 0.29) is 5.56 Å². The van der Waals surface area contributed by atoms with Gasteiger partial charge in [-0.05, 0) is 35.4 Å². The third kappa shape index (κ3) is 4.10. The van der Waals surface area contributed by atoms with E-state index < -0.39 is 5.97 Å². The van der Waals surface area contributed by atoms with Gasteiger partial charge in [0.25, 0.3) is 0 Å². The van der Waals surface area contributed by atoms with Gasteiger partial charge in [0.15, 0.2) is 0 Å². The third-order valence-corrected chi connectivity index (χ3v) is 5.13. The molecule has 0 amide bonds. The molecule has 0 fully saturated rings. The van der Waals surface area contributed by atoms with Gasteiger partial charge in [-0.3, -0.25) is 0 Å². The zero-order chi connectivity index (χ0) is 19.3. The maximum atomic E-state index is 10.9. The number of thiazole rings is 1. The molecule has 0 saturated heterocycles. The molecule has 4 rings (SSSR count). The Morgan fingerprint density at radius 1 is 0.857 bits per heavy atom. The van der Waals surface area contributed by atoms with Crippen LogP contribution >= 0.6 is 11.3 Å². The van der Waals surface area contributed by atoms with Crippen molar-refractivity contribution in [2.75, 3.05) is 0 Å². The summed E-state index contributed by atoms with van der Waals surface area (Å²) in [5.74, 6) is -0.330. The summed E-state index contributed by atoms with van der Waals surface area (Å²) in [5, 5.41) is 11.8. The van der Waals surface area contributed by atoms with Crippen LogP contribution in [0.1, 0.15) is 15.4 Å². The fourth-order valence-corrected chi connectivity index (χ4v) is 3.53. The van der Waals surface area contributed by atoms with Gasteiger partial charge < -0.3 is 9.84 Å². The van der Waals surface area contributed by atoms with Crippen LogP contribution in [0.3, 0.4) is 0 Å². The van der Waals surface area contributed by atoms with Crippen LogP contribution in [0, 0.1) is 0 Å². The number of ether oxygens (including phenoxy) is 1. The Morgan fingerprint density at radius 2 is 1.50 bits per heavy atom. The number of benzene rings is 3. The molecule has 138 valence electrons. The van der Waals surface area contributed by atoms with Crippen LogP contribution in [0.25, 0.3) is 22.4 Å². The molecule has 1 N–H and O–H groups in total. The van der Waals surface area contributed by atoms with Crippen molar-refractivity contribution in [3.05, 3.63) is 94.8 Å². The lowest BCUT2D eigenvalue weighted by Gasteiger charge is -2.04. The van der Waals surface area contributed by atoms with Crippen molar-refractivity contribution in [3.8, 4) is 28.1 Å². The van der Waals surface area contributed by atoms with Crippen LogP contribution in [0.5, 0.6) is 5.75 Å². The second-order valence-electron chi connectivity index (χ2n) is 6.19.